The van der Waals surface area contributed by atoms with E-state index in [9.17, 15) is 19.2 Å². The van der Waals surface area contributed by atoms with Crippen LogP contribution in [0.3, 0.4) is 0 Å². The molecule has 0 saturated carbocycles. The van der Waals surface area contributed by atoms with Crippen LogP contribution < -0.4 is 0 Å². The second-order valence-corrected chi connectivity index (χ2v) is 10.2. The molecule has 1 spiro atoms. The van der Waals surface area contributed by atoms with Gasteiger partial charge in [-0.05, 0) is 57.6 Å². The first kappa shape index (κ1) is 19.8. The Balaban J connectivity index is 1.57. The van der Waals surface area contributed by atoms with Crippen LogP contribution in [-0.2, 0) is 14.9 Å². The first-order valence-corrected chi connectivity index (χ1v) is 12.1. The third-order valence-corrected chi connectivity index (χ3v) is 8.59. The number of benzene rings is 4. The lowest BCUT2D eigenvalue weighted by atomic mass is 9.66. The summed E-state index contributed by atoms with van der Waals surface area (Å²) in [7, 11) is 0. The van der Waals surface area contributed by atoms with Gasteiger partial charge in [-0.15, -0.1) is 0 Å². The van der Waals surface area contributed by atoms with Crippen LogP contribution in [0.4, 0.5) is 0 Å². The molecular weight excluding hydrogens is 476 g/mol. The fraction of sp³-hybridized carbons (Fsp3) is 0.0345. The van der Waals surface area contributed by atoms with Crippen LogP contribution in [0, 0.1) is 0 Å². The lowest BCUT2D eigenvalue weighted by Gasteiger charge is -2.40. The fourth-order valence-corrected chi connectivity index (χ4v) is 7.29. The zero-order chi connectivity index (χ0) is 24.3. The standard InChI is InChI=1S/C29H12O6S/c30-25-15-9-21-23(11-17(15)27(32)34-25)36-24-12-18-16(26(31)35-28(18)33)10-22(24)29(21)19-7-3-1-5-13(19)14-6-2-4-8-20(14)29/h1-12H. The maximum absolute atomic E-state index is 12.6. The summed E-state index contributed by atoms with van der Waals surface area (Å²) < 4.78 is 9.84. The maximum atomic E-state index is 12.6. The number of hydrogen-bond acceptors (Lipinski definition) is 7. The molecule has 4 aliphatic rings. The Labute approximate surface area is 207 Å². The highest BCUT2D eigenvalue weighted by Crippen LogP contribution is 2.63. The van der Waals surface area contributed by atoms with Gasteiger partial charge in [0.05, 0.1) is 27.7 Å². The summed E-state index contributed by atoms with van der Waals surface area (Å²) in [6.45, 7) is 0. The molecule has 3 aliphatic heterocycles. The van der Waals surface area contributed by atoms with Crippen molar-refractivity contribution in [1.29, 1.82) is 0 Å². The average molecular weight is 488 g/mol. The van der Waals surface area contributed by atoms with Gasteiger partial charge in [-0.1, -0.05) is 60.3 Å². The summed E-state index contributed by atoms with van der Waals surface area (Å²) in [5, 5.41) is 0. The van der Waals surface area contributed by atoms with Gasteiger partial charge >= 0.3 is 23.9 Å². The first-order valence-electron chi connectivity index (χ1n) is 11.3. The van der Waals surface area contributed by atoms with Gasteiger partial charge in [-0.3, -0.25) is 0 Å². The third-order valence-electron chi connectivity index (χ3n) is 7.47. The molecule has 0 aromatic heterocycles. The van der Waals surface area contributed by atoms with E-state index >= 15 is 0 Å². The van der Waals surface area contributed by atoms with E-state index in [1.54, 1.807) is 24.3 Å². The predicted octanol–water partition coefficient (Wildman–Crippen LogP) is 5.14. The first-order chi connectivity index (χ1) is 17.5. The van der Waals surface area contributed by atoms with Crippen molar-refractivity contribution in [2.75, 3.05) is 0 Å². The molecule has 36 heavy (non-hydrogen) atoms. The minimum Gasteiger partial charge on any atom is -0.386 e. The minimum atomic E-state index is -0.884. The quantitative estimate of drug-likeness (QED) is 0.216. The van der Waals surface area contributed by atoms with E-state index in [-0.39, 0.29) is 22.3 Å². The van der Waals surface area contributed by atoms with Crippen LogP contribution in [0.5, 0.6) is 0 Å². The Kier molecular flexibility index (Phi) is 3.51. The number of rotatable bonds is 0. The summed E-state index contributed by atoms with van der Waals surface area (Å²) in [5.74, 6) is -2.69. The Hall–Kier alpha value is -4.49. The maximum Gasteiger partial charge on any atom is 0.346 e. The van der Waals surface area contributed by atoms with Crippen molar-refractivity contribution >= 4 is 35.6 Å². The molecular formula is C29H12O6S. The molecule has 0 radical (unpaired) electrons. The van der Waals surface area contributed by atoms with Crippen molar-refractivity contribution in [2.24, 2.45) is 0 Å². The molecule has 4 aromatic carbocycles. The number of carbonyl (C=O) groups excluding carboxylic acids is 4. The van der Waals surface area contributed by atoms with Crippen LogP contribution in [0.15, 0.2) is 82.6 Å². The number of esters is 4. The highest BCUT2D eigenvalue weighted by atomic mass is 32.2. The van der Waals surface area contributed by atoms with Crippen molar-refractivity contribution < 1.29 is 28.7 Å². The summed E-state index contributed by atoms with van der Waals surface area (Å²) in [4.78, 5) is 51.5. The molecule has 1 aliphatic carbocycles. The molecule has 0 atom stereocenters. The number of carbonyl (C=O) groups is 4. The topological polar surface area (TPSA) is 86.7 Å². The van der Waals surface area contributed by atoms with Gasteiger partial charge in [0, 0.05) is 9.79 Å². The van der Waals surface area contributed by atoms with Crippen molar-refractivity contribution in [2.45, 2.75) is 15.2 Å². The second-order valence-electron chi connectivity index (χ2n) is 9.09. The smallest absolute Gasteiger partial charge is 0.346 e. The number of fused-ring (bicyclic) bond motifs is 11. The van der Waals surface area contributed by atoms with Crippen molar-refractivity contribution in [3.8, 4) is 11.1 Å². The molecule has 0 N–H and O–H groups in total. The Morgan fingerprint density at radius 1 is 0.472 bits per heavy atom. The zero-order valence-electron chi connectivity index (χ0n) is 18.3. The van der Waals surface area contributed by atoms with Gasteiger partial charge in [0.1, 0.15) is 0 Å². The highest BCUT2D eigenvalue weighted by Gasteiger charge is 2.52. The van der Waals surface area contributed by atoms with Gasteiger partial charge in [0.2, 0.25) is 0 Å². The molecule has 7 heteroatoms. The molecule has 0 bridgehead atoms. The summed E-state index contributed by atoms with van der Waals surface area (Å²) in [6, 6.07) is 23.0. The molecule has 6 nitrogen and oxygen atoms in total. The monoisotopic (exact) mass is 488 g/mol. The van der Waals surface area contributed by atoms with Gasteiger partial charge in [-0.25, -0.2) is 19.2 Å². The van der Waals surface area contributed by atoms with Crippen molar-refractivity contribution in [1.82, 2.24) is 0 Å². The highest BCUT2D eigenvalue weighted by molar-refractivity contribution is 7.99. The van der Waals surface area contributed by atoms with E-state index in [1.807, 2.05) is 36.4 Å². The van der Waals surface area contributed by atoms with Crippen molar-refractivity contribution in [3.63, 3.8) is 0 Å². The second kappa shape index (κ2) is 6.38. The Bertz CT molecular complexity index is 1670. The number of ether oxygens (including phenoxy) is 2. The molecule has 0 fully saturated rings. The number of cyclic esters (lactones) is 4. The SMILES string of the molecule is O=C1OC(=O)c2cc3c(cc21)Sc1cc2c(cc1C31c3ccccc3-c3ccccc31)C(=O)OC2=O. The molecule has 4 aromatic rings. The lowest BCUT2D eigenvalue weighted by molar-refractivity contribution is 0.0425. The Morgan fingerprint density at radius 2 is 0.861 bits per heavy atom. The molecule has 0 saturated heterocycles. The Morgan fingerprint density at radius 3 is 1.31 bits per heavy atom. The lowest BCUT2D eigenvalue weighted by Crippen LogP contribution is -2.32. The molecule has 3 heterocycles. The van der Waals surface area contributed by atoms with Crippen LogP contribution in [0.1, 0.15) is 63.7 Å². The predicted molar refractivity (Wildman–Crippen MR) is 127 cm³/mol. The molecule has 8 rings (SSSR count). The van der Waals surface area contributed by atoms with E-state index in [0.29, 0.717) is 0 Å². The number of hydrogen-bond donors (Lipinski definition) is 0. The third kappa shape index (κ3) is 2.15. The molecule has 0 unspecified atom stereocenters. The van der Waals surface area contributed by atoms with E-state index in [0.717, 1.165) is 43.2 Å². The largest absolute Gasteiger partial charge is 0.386 e. The summed E-state index contributed by atoms with van der Waals surface area (Å²) in [6.07, 6.45) is 0. The zero-order valence-corrected chi connectivity index (χ0v) is 19.1. The average Bonchev–Trinajstić information content (AvgIpc) is 3.45. The normalized spacial score (nSPS) is 17.1. The van der Waals surface area contributed by atoms with Crippen LogP contribution in [-0.4, -0.2) is 23.9 Å². The molecule has 170 valence electrons. The van der Waals surface area contributed by atoms with Crippen LogP contribution in [0.2, 0.25) is 0 Å². The van der Waals surface area contributed by atoms with Crippen LogP contribution >= 0.6 is 11.8 Å². The summed E-state index contributed by atoms with van der Waals surface area (Å²) >= 11 is 1.39. The van der Waals surface area contributed by atoms with Crippen LogP contribution in [0.25, 0.3) is 11.1 Å². The minimum absolute atomic E-state index is 0.222. The summed E-state index contributed by atoms with van der Waals surface area (Å²) in [5.41, 5.74) is 5.70. The van der Waals surface area contributed by atoms with Gasteiger partial charge in [-0.2, -0.15) is 0 Å². The van der Waals surface area contributed by atoms with E-state index in [1.165, 1.54) is 11.8 Å². The van der Waals surface area contributed by atoms with E-state index in [4.69, 9.17) is 9.47 Å². The fourth-order valence-electron chi connectivity index (χ4n) is 6.06. The van der Waals surface area contributed by atoms with Gasteiger partial charge in [0.25, 0.3) is 0 Å². The van der Waals surface area contributed by atoms with Gasteiger partial charge in [0.15, 0.2) is 0 Å². The van der Waals surface area contributed by atoms with E-state index in [2.05, 4.69) is 12.1 Å². The van der Waals surface area contributed by atoms with Crippen molar-refractivity contribution in [3.05, 3.63) is 117 Å². The van der Waals surface area contributed by atoms with E-state index < -0.39 is 29.3 Å². The van der Waals surface area contributed by atoms with Gasteiger partial charge < -0.3 is 9.47 Å². The molecule has 0 amide bonds.